The van der Waals surface area contributed by atoms with Gasteiger partial charge in [0.05, 0.1) is 11.4 Å². The van der Waals surface area contributed by atoms with Crippen LogP contribution in [0.2, 0.25) is 0 Å². The standard InChI is InChI=1S/C30H32F7N5O5/c1-15-5-3-8-21-22(17-6-4-7-18(31)13-17)40-25(27(45)42(23(15)21)14-47-28(46)16(2)38)41-26(44)20(10-12-30(35,36)37)19(24(39)43)9-11-29(32,33)34/h3-8,13,16,19-20,25H,9-12,14,38H2,1-2H3,(H2,39,43)(H,41,44). The van der Waals surface area contributed by atoms with Crippen LogP contribution in [0.15, 0.2) is 47.5 Å². The number of hydrogen-bond donors (Lipinski definition) is 3. The van der Waals surface area contributed by atoms with Gasteiger partial charge in [-0.2, -0.15) is 26.3 Å². The fourth-order valence-corrected chi connectivity index (χ4v) is 5.00. The molecule has 1 heterocycles. The first-order chi connectivity index (χ1) is 21.8. The molecule has 0 radical (unpaired) electrons. The second-order valence-electron chi connectivity index (χ2n) is 10.9. The number of aryl methyl sites for hydroxylation is 1. The van der Waals surface area contributed by atoms with Gasteiger partial charge in [-0.3, -0.25) is 24.1 Å². The molecule has 4 atom stereocenters. The third-order valence-electron chi connectivity index (χ3n) is 7.27. The minimum atomic E-state index is -4.87. The molecule has 0 fully saturated rings. The summed E-state index contributed by atoms with van der Waals surface area (Å²) in [5.41, 5.74) is 11.6. The lowest BCUT2D eigenvalue weighted by Gasteiger charge is -2.29. The Bertz CT molecular complexity index is 1530. The van der Waals surface area contributed by atoms with Crippen LogP contribution in [0.4, 0.5) is 36.4 Å². The molecule has 3 rings (SSSR count). The zero-order chi connectivity index (χ0) is 35.3. The molecule has 0 spiro atoms. The lowest BCUT2D eigenvalue weighted by molar-refractivity contribution is -0.152. The van der Waals surface area contributed by atoms with Crippen LogP contribution in [0.25, 0.3) is 0 Å². The average molecular weight is 676 g/mol. The van der Waals surface area contributed by atoms with Crippen LogP contribution in [0.5, 0.6) is 0 Å². The number of benzodiazepines with no additional fused rings is 1. The van der Waals surface area contributed by atoms with Crippen molar-refractivity contribution in [2.45, 2.75) is 64.1 Å². The van der Waals surface area contributed by atoms with E-state index in [1.54, 1.807) is 19.1 Å². The fourth-order valence-electron chi connectivity index (χ4n) is 5.00. The molecular weight excluding hydrogens is 643 g/mol. The van der Waals surface area contributed by atoms with Crippen molar-refractivity contribution in [2.24, 2.45) is 28.3 Å². The van der Waals surface area contributed by atoms with Crippen LogP contribution in [0, 0.1) is 24.6 Å². The third kappa shape index (κ3) is 9.97. The summed E-state index contributed by atoms with van der Waals surface area (Å²) in [6, 6.07) is 8.48. The van der Waals surface area contributed by atoms with E-state index in [1.807, 2.05) is 0 Å². The number of amides is 3. The molecule has 0 saturated carbocycles. The number of aliphatic imine (C=N–C) groups is 1. The number of nitrogens with two attached hydrogens (primary N) is 2. The number of alkyl halides is 6. The second-order valence-corrected chi connectivity index (χ2v) is 10.9. The van der Waals surface area contributed by atoms with E-state index < -0.39 is 98.3 Å². The number of nitrogens with zero attached hydrogens (tertiary/aromatic N) is 2. The van der Waals surface area contributed by atoms with Crippen LogP contribution >= 0.6 is 0 Å². The largest absolute Gasteiger partial charge is 0.443 e. The first-order valence-electron chi connectivity index (χ1n) is 14.2. The zero-order valence-electron chi connectivity index (χ0n) is 25.1. The number of hydrogen-bond acceptors (Lipinski definition) is 7. The van der Waals surface area contributed by atoms with E-state index in [0.717, 1.165) is 17.0 Å². The Morgan fingerprint density at radius 3 is 2.15 bits per heavy atom. The van der Waals surface area contributed by atoms with Gasteiger partial charge in [-0.15, -0.1) is 0 Å². The molecule has 3 amide bonds. The van der Waals surface area contributed by atoms with Crippen molar-refractivity contribution in [3.8, 4) is 0 Å². The van der Waals surface area contributed by atoms with E-state index in [1.165, 1.54) is 25.1 Å². The number of anilines is 1. The Labute approximate surface area is 264 Å². The van der Waals surface area contributed by atoms with Gasteiger partial charge in [-0.05, 0) is 44.4 Å². The average Bonchev–Trinajstić information content (AvgIpc) is 3.07. The summed E-state index contributed by atoms with van der Waals surface area (Å²) in [6.45, 7) is 2.12. The van der Waals surface area contributed by atoms with Gasteiger partial charge in [0.15, 0.2) is 6.73 Å². The number of primary amides is 1. The summed E-state index contributed by atoms with van der Waals surface area (Å²) in [5, 5.41) is 2.15. The highest BCUT2D eigenvalue weighted by atomic mass is 19.4. The number of halogens is 7. The van der Waals surface area contributed by atoms with Gasteiger partial charge in [0.2, 0.25) is 18.0 Å². The highest BCUT2D eigenvalue weighted by Gasteiger charge is 2.42. The minimum Gasteiger partial charge on any atom is -0.443 e. The molecule has 17 heteroatoms. The molecule has 0 bridgehead atoms. The van der Waals surface area contributed by atoms with Crippen LogP contribution in [-0.4, -0.2) is 60.7 Å². The molecule has 47 heavy (non-hydrogen) atoms. The molecule has 1 aliphatic heterocycles. The number of carbonyl (C=O) groups excluding carboxylic acids is 4. The Balaban J connectivity index is 2.15. The maximum absolute atomic E-state index is 14.3. The maximum atomic E-state index is 14.3. The second kappa shape index (κ2) is 14.9. The molecule has 0 aromatic heterocycles. The van der Waals surface area contributed by atoms with Crippen molar-refractivity contribution in [3.05, 3.63) is 65.0 Å². The van der Waals surface area contributed by atoms with E-state index in [4.69, 9.17) is 16.2 Å². The highest BCUT2D eigenvalue weighted by Crippen LogP contribution is 2.34. The normalized spacial score (nSPS) is 17.1. The molecular formula is C30H32F7N5O5. The van der Waals surface area contributed by atoms with Gasteiger partial charge in [0.1, 0.15) is 11.9 Å². The van der Waals surface area contributed by atoms with E-state index in [9.17, 15) is 49.9 Å². The van der Waals surface area contributed by atoms with Crippen molar-refractivity contribution < 1.29 is 54.6 Å². The van der Waals surface area contributed by atoms with Gasteiger partial charge < -0.3 is 21.5 Å². The SMILES string of the molecule is Cc1cccc2c1N(COC(=O)C(C)N)C(=O)C(NC(=O)C(CCC(F)(F)F)C(CCC(F)(F)F)C(N)=O)N=C2c1cccc(F)c1. The Morgan fingerprint density at radius 2 is 1.60 bits per heavy atom. The number of nitrogens with one attached hydrogen (secondary N) is 1. The number of para-hydroxylation sites is 1. The Morgan fingerprint density at radius 1 is 1.00 bits per heavy atom. The number of fused-ring (bicyclic) bond motifs is 1. The first-order valence-corrected chi connectivity index (χ1v) is 14.2. The summed E-state index contributed by atoms with van der Waals surface area (Å²) in [6.07, 6.45) is -17.2. The molecule has 0 aliphatic carbocycles. The number of rotatable bonds is 12. The van der Waals surface area contributed by atoms with E-state index in [-0.39, 0.29) is 22.5 Å². The number of benzene rings is 2. The van der Waals surface area contributed by atoms with E-state index >= 15 is 0 Å². The van der Waals surface area contributed by atoms with Crippen LogP contribution in [0.1, 0.15) is 49.3 Å². The van der Waals surface area contributed by atoms with Crippen molar-refractivity contribution >= 4 is 35.1 Å². The smallest absolute Gasteiger partial charge is 0.389 e. The fraction of sp³-hybridized carbons (Fsp3) is 0.433. The number of esters is 1. The van der Waals surface area contributed by atoms with Crippen LogP contribution in [0.3, 0.4) is 0 Å². The van der Waals surface area contributed by atoms with Gasteiger partial charge in [-0.1, -0.05) is 30.3 Å². The Kier molecular flexibility index (Phi) is 11.7. The predicted molar refractivity (Wildman–Crippen MR) is 154 cm³/mol. The molecule has 1 aliphatic rings. The molecule has 2 aromatic rings. The van der Waals surface area contributed by atoms with Crippen molar-refractivity contribution in [1.29, 1.82) is 0 Å². The first kappa shape index (κ1) is 36.9. The van der Waals surface area contributed by atoms with Crippen molar-refractivity contribution in [1.82, 2.24) is 5.32 Å². The Hall–Kier alpha value is -4.54. The quantitative estimate of drug-likeness (QED) is 0.228. The van der Waals surface area contributed by atoms with E-state index in [2.05, 4.69) is 10.3 Å². The molecule has 10 nitrogen and oxygen atoms in total. The monoisotopic (exact) mass is 675 g/mol. The lowest BCUT2D eigenvalue weighted by atomic mass is 9.83. The molecule has 256 valence electrons. The highest BCUT2D eigenvalue weighted by molar-refractivity contribution is 6.20. The van der Waals surface area contributed by atoms with Gasteiger partial charge in [0, 0.05) is 35.8 Å². The zero-order valence-corrected chi connectivity index (χ0v) is 25.1. The lowest BCUT2D eigenvalue weighted by Crippen LogP contribution is -2.51. The van der Waals surface area contributed by atoms with Crippen molar-refractivity contribution in [3.63, 3.8) is 0 Å². The van der Waals surface area contributed by atoms with Crippen molar-refractivity contribution in [2.75, 3.05) is 11.6 Å². The van der Waals surface area contributed by atoms with Crippen LogP contribution < -0.4 is 21.7 Å². The maximum Gasteiger partial charge on any atom is 0.389 e. The molecule has 2 aromatic carbocycles. The summed E-state index contributed by atoms with van der Waals surface area (Å²) in [5.74, 6) is -9.66. The number of carbonyl (C=O) groups is 4. The van der Waals surface area contributed by atoms with E-state index in [0.29, 0.717) is 5.56 Å². The topological polar surface area (TPSA) is 157 Å². The van der Waals surface area contributed by atoms with Gasteiger partial charge in [-0.25, -0.2) is 9.38 Å². The summed E-state index contributed by atoms with van der Waals surface area (Å²) in [4.78, 5) is 57.3. The third-order valence-corrected chi connectivity index (χ3v) is 7.27. The molecule has 0 saturated heterocycles. The van der Waals surface area contributed by atoms with Gasteiger partial charge >= 0.3 is 18.3 Å². The summed E-state index contributed by atoms with van der Waals surface area (Å²) >= 11 is 0. The molecule has 4 unspecified atom stereocenters. The molecule has 5 N–H and O–H groups in total. The summed E-state index contributed by atoms with van der Waals surface area (Å²) in [7, 11) is 0. The number of ether oxygens (including phenoxy) is 1. The minimum absolute atomic E-state index is 0.0711. The predicted octanol–water partition coefficient (Wildman–Crippen LogP) is 4.01. The summed E-state index contributed by atoms with van der Waals surface area (Å²) < 4.78 is 98.3. The van der Waals surface area contributed by atoms with Gasteiger partial charge in [0.25, 0.3) is 5.91 Å². The van der Waals surface area contributed by atoms with Crippen LogP contribution in [-0.2, 0) is 23.9 Å².